The Labute approximate surface area is 235 Å². The molecule has 0 aliphatic carbocycles. The fourth-order valence-corrected chi connectivity index (χ4v) is 6.29. The summed E-state index contributed by atoms with van der Waals surface area (Å²) in [7, 11) is 3.17. The number of hydrogen-bond donors (Lipinski definition) is 2. The lowest BCUT2D eigenvalue weighted by Crippen LogP contribution is -2.43. The van der Waals surface area contributed by atoms with Crippen LogP contribution in [0.3, 0.4) is 0 Å². The third kappa shape index (κ3) is 3.67. The van der Waals surface area contributed by atoms with Gasteiger partial charge in [-0.2, -0.15) is 0 Å². The molecule has 1 aliphatic heterocycles. The molecule has 0 saturated heterocycles. The number of phenolic OH excluding ortho intramolecular Hbond substituents is 1. The summed E-state index contributed by atoms with van der Waals surface area (Å²) in [6.07, 6.45) is 0.470. The molecule has 7 rings (SSSR count). The third-order valence-corrected chi connectivity index (χ3v) is 8.61. The molecule has 0 fully saturated rings. The summed E-state index contributed by atoms with van der Waals surface area (Å²) in [6.45, 7) is 4.10. The Balaban J connectivity index is 1.56. The lowest BCUT2D eigenvalue weighted by molar-refractivity contribution is 0.463. The van der Waals surface area contributed by atoms with E-state index in [0.29, 0.717) is 39.8 Å². The Morgan fingerprint density at radius 1 is 0.805 bits per heavy atom. The first-order chi connectivity index (χ1) is 19.7. The fraction of sp³-hybridized carbons (Fsp3) is 0.212. The molecule has 0 bridgehead atoms. The zero-order chi connectivity index (χ0) is 28.6. The second-order valence-electron chi connectivity index (χ2n) is 11.0. The van der Waals surface area contributed by atoms with Gasteiger partial charge in [-0.1, -0.05) is 54.6 Å². The number of phenols is 1. The van der Waals surface area contributed by atoms with Gasteiger partial charge in [0.15, 0.2) is 0 Å². The first-order valence-corrected chi connectivity index (χ1v) is 13.7. The SMILES string of the molecule is Cc1cc2nc3c(C4CC(c5ccccc5)c5c(n(C)c(=O)n(C)c5=O)N4)c(O)c4ccccc4c3nc2cc1C. The number of benzene rings is 4. The fourth-order valence-electron chi connectivity index (χ4n) is 6.29. The summed E-state index contributed by atoms with van der Waals surface area (Å²) in [5, 5.41) is 16.8. The van der Waals surface area contributed by atoms with E-state index < -0.39 is 11.7 Å². The molecule has 0 radical (unpaired) electrons. The van der Waals surface area contributed by atoms with Gasteiger partial charge in [0.05, 0.1) is 33.7 Å². The average Bonchev–Trinajstić information content (AvgIpc) is 2.99. The van der Waals surface area contributed by atoms with Crippen LogP contribution in [-0.4, -0.2) is 24.2 Å². The molecule has 204 valence electrons. The minimum atomic E-state index is -0.462. The van der Waals surface area contributed by atoms with E-state index in [9.17, 15) is 14.7 Å². The van der Waals surface area contributed by atoms with Crippen molar-refractivity contribution >= 4 is 38.7 Å². The zero-order valence-corrected chi connectivity index (χ0v) is 23.3. The van der Waals surface area contributed by atoms with Crippen LogP contribution in [-0.2, 0) is 14.1 Å². The Morgan fingerprint density at radius 3 is 2.10 bits per heavy atom. The van der Waals surface area contributed by atoms with E-state index in [1.807, 2.05) is 73.7 Å². The first kappa shape index (κ1) is 25.0. The number of hydrogen-bond acceptors (Lipinski definition) is 6. The van der Waals surface area contributed by atoms with Crippen LogP contribution in [0.5, 0.6) is 5.75 Å². The first-order valence-electron chi connectivity index (χ1n) is 13.7. The highest BCUT2D eigenvalue weighted by atomic mass is 16.3. The van der Waals surface area contributed by atoms with Gasteiger partial charge in [0.1, 0.15) is 11.6 Å². The maximum atomic E-state index is 13.5. The van der Waals surface area contributed by atoms with Gasteiger partial charge in [0.25, 0.3) is 5.56 Å². The van der Waals surface area contributed by atoms with Crippen LogP contribution in [0.2, 0.25) is 0 Å². The van der Waals surface area contributed by atoms with Crippen molar-refractivity contribution in [2.24, 2.45) is 14.1 Å². The molecule has 2 unspecified atom stereocenters. The van der Waals surface area contributed by atoms with Gasteiger partial charge in [-0.15, -0.1) is 0 Å². The van der Waals surface area contributed by atoms with Gasteiger partial charge in [-0.3, -0.25) is 13.9 Å². The number of nitrogens with one attached hydrogen (secondary N) is 1. The summed E-state index contributed by atoms with van der Waals surface area (Å²) in [5.41, 5.74) is 6.42. The molecule has 0 amide bonds. The number of fused-ring (bicyclic) bond motifs is 5. The second kappa shape index (κ2) is 9.02. The molecule has 2 atom stereocenters. The third-order valence-electron chi connectivity index (χ3n) is 8.61. The highest BCUT2D eigenvalue weighted by Crippen LogP contribution is 2.47. The zero-order valence-electron chi connectivity index (χ0n) is 23.3. The van der Waals surface area contributed by atoms with E-state index in [1.165, 1.54) is 11.6 Å². The normalized spacial score (nSPS) is 16.7. The number of aryl methyl sites for hydroxylation is 2. The van der Waals surface area contributed by atoms with Crippen LogP contribution < -0.4 is 16.6 Å². The molecule has 0 spiro atoms. The predicted molar refractivity (Wildman–Crippen MR) is 162 cm³/mol. The van der Waals surface area contributed by atoms with Crippen molar-refractivity contribution in [3.8, 4) is 5.75 Å². The maximum absolute atomic E-state index is 13.5. The van der Waals surface area contributed by atoms with Crippen molar-refractivity contribution in [1.29, 1.82) is 0 Å². The number of rotatable bonds is 2. The average molecular weight is 544 g/mol. The molecule has 2 aromatic heterocycles. The Kier molecular flexibility index (Phi) is 5.51. The van der Waals surface area contributed by atoms with E-state index in [4.69, 9.17) is 9.97 Å². The van der Waals surface area contributed by atoms with Crippen LogP contribution >= 0.6 is 0 Å². The largest absolute Gasteiger partial charge is 0.507 e. The maximum Gasteiger partial charge on any atom is 0.332 e. The van der Waals surface area contributed by atoms with E-state index in [-0.39, 0.29) is 17.2 Å². The lowest BCUT2D eigenvalue weighted by atomic mass is 9.81. The number of aromatic hydroxyl groups is 1. The van der Waals surface area contributed by atoms with E-state index in [2.05, 4.69) is 12.2 Å². The van der Waals surface area contributed by atoms with Gasteiger partial charge in [-0.25, -0.2) is 14.8 Å². The van der Waals surface area contributed by atoms with Crippen molar-refractivity contribution < 1.29 is 5.11 Å². The van der Waals surface area contributed by atoms with Gasteiger partial charge in [-0.05, 0) is 49.1 Å². The molecule has 8 heteroatoms. The summed E-state index contributed by atoms with van der Waals surface area (Å²) in [4.78, 5) is 36.7. The highest BCUT2D eigenvalue weighted by molar-refractivity contribution is 6.10. The van der Waals surface area contributed by atoms with E-state index >= 15 is 0 Å². The standard InChI is InChI=1S/C33H29N5O3/c1-17-14-23-24(15-18(17)2)35-29-27(30(39)21-13-9-8-12-20(21)28(29)34-23)25-16-22(19-10-6-5-7-11-19)26-31(36-25)37(3)33(41)38(4)32(26)40/h5-15,22,25,36,39H,16H2,1-4H3. The summed E-state index contributed by atoms with van der Waals surface area (Å²) in [6, 6.07) is 21.1. The summed E-state index contributed by atoms with van der Waals surface area (Å²) in [5.74, 6) is 0.249. The van der Waals surface area contributed by atoms with Crippen molar-refractivity contribution in [3.05, 3.63) is 115 Å². The topological polar surface area (TPSA) is 102 Å². The minimum absolute atomic E-state index is 0.118. The summed E-state index contributed by atoms with van der Waals surface area (Å²) < 4.78 is 2.63. The van der Waals surface area contributed by atoms with Gasteiger partial charge >= 0.3 is 5.69 Å². The molecule has 1 aliphatic rings. The van der Waals surface area contributed by atoms with Crippen LogP contribution in [0.25, 0.3) is 32.8 Å². The monoisotopic (exact) mass is 543 g/mol. The van der Waals surface area contributed by atoms with E-state index in [0.717, 1.165) is 37.7 Å². The summed E-state index contributed by atoms with van der Waals surface area (Å²) >= 11 is 0. The Bertz CT molecular complexity index is 2170. The molecule has 3 heterocycles. The predicted octanol–water partition coefficient (Wildman–Crippen LogP) is 5.34. The minimum Gasteiger partial charge on any atom is -0.507 e. The molecule has 41 heavy (non-hydrogen) atoms. The smallest absolute Gasteiger partial charge is 0.332 e. The quantitative estimate of drug-likeness (QED) is 0.226. The number of nitrogens with zero attached hydrogens (tertiary/aromatic N) is 4. The molecule has 6 aromatic rings. The van der Waals surface area contributed by atoms with Crippen molar-refractivity contribution in [3.63, 3.8) is 0 Å². The van der Waals surface area contributed by atoms with Crippen molar-refractivity contribution in [1.82, 2.24) is 19.1 Å². The van der Waals surface area contributed by atoms with Crippen LogP contribution in [0.15, 0.2) is 76.3 Å². The van der Waals surface area contributed by atoms with Gasteiger partial charge in [0.2, 0.25) is 0 Å². The Morgan fingerprint density at radius 2 is 1.41 bits per heavy atom. The van der Waals surface area contributed by atoms with Gasteiger partial charge < -0.3 is 10.4 Å². The van der Waals surface area contributed by atoms with Crippen LogP contribution in [0.1, 0.15) is 46.2 Å². The van der Waals surface area contributed by atoms with Crippen LogP contribution in [0.4, 0.5) is 5.82 Å². The molecular formula is C33H29N5O3. The Hall–Kier alpha value is -4.98. The number of aromatic nitrogens is 4. The molecule has 0 saturated carbocycles. The molecular weight excluding hydrogens is 514 g/mol. The van der Waals surface area contributed by atoms with Crippen LogP contribution in [0, 0.1) is 13.8 Å². The van der Waals surface area contributed by atoms with Crippen molar-refractivity contribution in [2.45, 2.75) is 32.2 Å². The van der Waals surface area contributed by atoms with Gasteiger partial charge in [0, 0.05) is 36.3 Å². The molecule has 4 aromatic carbocycles. The highest BCUT2D eigenvalue weighted by Gasteiger charge is 2.36. The van der Waals surface area contributed by atoms with Crippen molar-refractivity contribution in [2.75, 3.05) is 5.32 Å². The van der Waals surface area contributed by atoms with E-state index in [1.54, 1.807) is 7.05 Å². The number of anilines is 1. The molecule has 2 N–H and O–H groups in total. The molecule has 8 nitrogen and oxygen atoms in total. The second-order valence-corrected chi connectivity index (χ2v) is 11.0. The lowest BCUT2D eigenvalue weighted by Gasteiger charge is -2.35.